The predicted octanol–water partition coefficient (Wildman–Crippen LogP) is 1.99. The van der Waals surface area contributed by atoms with Gasteiger partial charge in [0.05, 0.1) is 6.54 Å². The molecule has 1 aliphatic heterocycles. The van der Waals surface area contributed by atoms with Crippen molar-refractivity contribution in [3.63, 3.8) is 0 Å². The van der Waals surface area contributed by atoms with Gasteiger partial charge in [-0.3, -0.25) is 14.5 Å². The van der Waals surface area contributed by atoms with Crippen LogP contribution in [0, 0.1) is 6.92 Å². The molecule has 1 unspecified atom stereocenters. The second-order valence-electron chi connectivity index (χ2n) is 7.02. The summed E-state index contributed by atoms with van der Waals surface area (Å²) >= 11 is 0. The summed E-state index contributed by atoms with van der Waals surface area (Å²) in [7, 11) is 0. The molecule has 1 fully saturated rings. The van der Waals surface area contributed by atoms with Gasteiger partial charge in [-0.05, 0) is 32.3 Å². The van der Waals surface area contributed by atoms with Crippen LogP contribution >= 0.6 is 0 Å². The molecule has 1 saturated heterocycles. The number of piperazine rings is 1. The summed E-state index contributed by atoms with van der Waals surface area (Å²) in [4.78, 5) is 28.4. The Labute approximate surface area is 151 Å². The summed E-state index contributed by atoms with van der Waals surface area (Å²) in [6.07, 6.45) is 2.28. The molecule has 1 N–H and O–H groups in total. The van der Waals surface area contributed by atoms with Crippen LogP contribution in [0.5, 0.6) is 0 Å². The highest BCUT2D eigenvalue weighted by Crippen LogP contribution is 2.09. The monoisotopic (exact) mass is 345 g/mol. The number of amides is 2. The minimum atomic E-state index is 0.0773. The minimum absolute atomic E-state index is 0.0773. The number of nitrogens with one attached hydrogen (secondary N) is 1. The van der Waals surface area contributed by atoms with Gasteiger partial charge in [-0.1, -0.05) is 36.8 Å². The molecular formula is C20H31N3O2. The molecule has 1 aromatic rings. The summed E-state index contributed by atoms with van der Waals surface area (Å²) in [5, 5.41) is 2.99. The molecule has 2 rings (SSSR count). The molecule has 0 spiro atoms. The summed E-state index contributed by atoms with van der Waals surface area (Å²) < 4.78 is 0. The van der Waals surface area contributed by atoms with Gasteiger partial charge in [0.25, 0.3) is 0 Å². The largest absolute Gasteiger partial charge is 0.353 e. The number of carbonyl (C=O) groups excluding carboxylic acids is 2. The maximum absolute atomic E-state index is 12.4. The molecule has 138 valence electrons. The van der Waals surface area contributed by atoms with E-state index in [1.807, 2.05) is 11.8 Å². The topological polar surface area (TPSA) is 52.7 Å². The number of hydrogen-bond donors (Lipinski definition) is 1. The van der Waals surface area contributed by atoms with Crippen molar-refractivity contribution < 1.29 is 9.59 Å². The molecule has 25 heavy (non-hydrogen) atoms. The number of rotatable bonds is 7. The molecule has 0 aromatic heterocycles. The summed E-state index contributed by atoms with van der Waals surface area (Å²) in [5.74, 6) is 0.290. The Hall–Kier alpha value is -1.88. The van der Waals surface area contributed by atoms with Gasteiger partial charge in [0, 0.05) is 38.6 Å². The minimum Gasteiger partial charge on any atom is -0.353 e. The van der Waals surface area contributed by atoms with Crippen molar-refractivity contribution in [2.24, 2.45) is 0 Å². The van der Waals surface area contributed by atoms with Crippen LogP contribution in [0.3, 0.4) is 0 Å². The zero-order valence-corrected chi connectivity index (χ0v) is 15.8. The van der Waals surface area contributed by atoms with Crippen LogP contribution in [0.1, 0.15) is 37.8 Å². The van der Waals surface area contributed by atoms with Crippen molar-refractivity contribution in [1.82, 2.24) is 15.1 Å². The predicted molar refractivity (Wildman–Crippen MR) is 100 cm³/mol. The Morgan fingerprint density at radius 2 is 1.76 bits per heavy atom. The lowest BCUT2D eigenvalue weighted by atomic mass is 10.1. The van der Waals surface area contributed by atoms with Crippen molar-refractivity contribution in [3.05, 3.63) is 35.4 Å². The van der Waals surface area contributed by atoms with Crippen LogP contribution < -0.4 is 5.32 Å². The fourth-order valence-electron chi connectivity index (χ4n) is 2.95. The highest BCUT2D eigenvalue weighted by atomic mass is 16.2. The third-order valence-electron chi connectivity index (χ3n) is 4.86. The number of carbonyl (C=O) groups is 2. The zero-order valence-electron chi connectivity index (χ0n) is 15.8. The van der Waals surface area contributed by atoms with Crippen LogP contribution in [0.15, 0.2) is 24.3 Å². The number of benzene rings is 1. The Bertz CT molecular complexity index is 563. The molecule has 1 aromatic carbocycles. The average Bonchev–Trinajstić information content (AvgIpc) is 2.61. The third-order valence-corrected chi connectivity index (χ3v) is 4.86. The maximum atomic E-state index is 12.4. The number of hydrogen-bond acceptors (Lipinski definition) is 3. The van der Waals surface area contributed by atoms with E-state index in [9.17, 15) is 9.59 Å². The van der Waals surface area contributed by atoms with Gasteiger partial charge in [0.15, 0.2) is 0 Å². The second-order valence-corrected chi connectivity index (χ2v) is 7.02. The first-order valence-electron chi connectivity index (χ1n) is 9.33. The van der Waals surface area contributed by atoms with E-state index >= 15 is 0 Å². The lowest BCUT2D eigenvalue weighted by molar-refractivity contribution is -0.133. The summed E-state index contributed by atoms with van der Waals surface area (Å²) in [6.45, 7) is 9.53. The molecule has 0 radical (unpaired) electrons. The second kappa shape index (κ2) is 9.56. The van der Waals surface area contributed by atoms with Gasteiger partial charge in [0.1, 0.15) is 0 Å². The van der Waals surface area contributed by atoms with Crippen molar-refractivity contribution in [1.29, 1.82) is 0 Å². The van der Waals surface area contributed by atoms with Crippen LogP contribution in [-0.4, -0.2) is 60.4 Å². The third kappa shape index (κ3) is 6.50. The van der Waals surface area contributed by atoms with Crippen molar-refractivity contribution in [2.45, 2.75) is 46.1 Å². The number of nitrogens with zero attached hydrogens (tertiary/aromatic N) is 2. The normalized spacial score (nSPS) is 16.5. The molecule has 0 aliphatic carbocycles. The molecule has 5 nitrogen and oxygen atoms in total. The van der Waals surface area contributed by atoms with Crippen LogP contribution in [0.2, 0.25) is 0 Å². The molecule has 1 heterocycles. The fraction of sp³-hybridized carbons (Fsp3) is 0.600. The Balaban J connectivity index is 1.69. The van der Waals surface area contributed by atoms with E-state index in [1.54, 1.807) is 0 Å². The molecule has 0 saturated carbocycles. The molecule has 2 amide bonds. The molecule has 5 heteroatoms. The smallest absolute Gasteiger partial charge is 0.234 e. The molecular weight excluding hydrogens is 314 g/mol. The fourth-order valence-corrected chi connectivity index (χ4v) is 2.95. The SMILES string of the molecule is CCC(C)NC(=O)CN1CCN(C(=O)CCc2ccc(C)cc2)CC1. The summed E-state index contributed by atoms with van der Waals surface area (Å²) in [5.41, 5.74) is 2.45. The molecule has 1 aliphatic rings. The van der Waals surface area contributed by atoms with Crippen LogP contribution in [0.25, 0.3) is 0 Å². The molecule has 0 bridgehead atoms. The summed E-state index contributed by atoms with van der Waals surface area (Å²) in [6, 6.07) is 8.58. The standard InChI is InChI=1S/C20H31N3O2/c1-4-17(3)21-19(24)15-22-11-13-23(14-12-22)20(25)10-9-18-7-5-16(2)6-8-18/h5-8,17H,4,9-15H2,1-3H3,(H,21,24). The van der Waals surface area contributed by atoms with Gasteiger partial charge in [-0.25, -0.2) is 0 Å². The number of aryl methyl sites for hydroxylation is 2. The van der Waals surface area contributed by atoms with E-state index < -0.39 is 0 Å². The first-order valence-corrected chi connectivity index (χ1v) is 9.33. The van der Waals surface area contributed by atoms with E-state index in [0.29, 0.717) is 26.1 Å². The zero-order chi connectivity index (χ0) is 18.2. The van der Waals surface area contributed by atoms with Gasteiger partial charge in [0.2, 0.25) is 11.8 Å². The first kappa shape index (κ1) is 19.4. The lowest BCUT2D eigenvalue weighted by Gasteiger charge is -2.34. The van der Waals surface area contributed by atoms with E-state index in [-0.39, 0.29) is 17.9 Å². The average molecular weight is 345 g/mol. The van der Waals surface area contributed by atoms with Crippen molar-refractivity contribution in [2.75, 3.05) is 32.7 Å². The van der Waals surface area contributed by atoms with Gasteiger partial charge >= 0.3 is 0 Å². The van der Waals surface area contributed by atoms with E-state index in [0.717, 1.165) is 25.9 Å². The quantitative estimate of drug-likeness (QED) is 0.822. The Kier molecular flexibility index (Phi) is 7.44. The lowest BCUT2D eigenvalue weighted by Crippen LogP contribution is -2.51. The van der Waals surface area contributed by atoms with Gasteiger partial charge in [-0.2, -0.15) is 0 Å². The first-order chi connectivity index (χ1) is 12.0. The van der Waals surface area contributed by atoms with Crippen LogP contribution in [-0.2, 0) is 16.0 Å². The van der Waals surface area contributed by atoms with Crippen molar-refractivity contribution in [3.8, 4) is 0 Å². The Morgan fingerprint density at radius 3 is 2.36 bits per heavy atom. The Morgan fingerprint density at radius 1 is 1.12 bits per heavy atom. The van der Waals surface area contributed by atoms with E-state index in [4.69, 9.17) is 0 Å². The highest BCUT2D eigenvalue weighted by molar-refractivity contribution is 5.78. The van der Waals surface area contributed by atoms with Gasteiger partial charge < -0.3 is 10.2 Å². The van der Waals surface area contributed by atoms with Crippen molar-refractivity contribution >= 4 is 11.8 Å². The maximum Gasteiger partial charge on any atom is 0.234 e. The molecule has 1 atom stereocenters. The van der Waals surface area contributed by atoms with E-state index in [2.05, 4.69) is 48.3 Å². The van der Waals surface area contributed by atoms with Crippen LogP contribution in [0.4, 0.5) is 0 Å². The highest BCUT2D eigenvalue weighted by Gasteiger charge is 2.22. The van der Waals surface area contributed by atoms with E-state index in [1.165, 1.54) is 11.1 Å². The van der Waals surface area contributed by atoms with Gasteiger partial charge in [-0.15, -0.1) is 0 Å².